The van der Waals surface area contributed by atoms with Gasteiger partial charge in [0.15, 0.2) is 5.82 Å². The van der Waals surface area contributed by atoms with Crippen LogP contribution in [0.25, 0.3) is 6.08 Å². The van der Waals surface area contributed by atoms with Crippen LogP contribution in [0.4, 0.5) is 5.82 Å². The van der Waals surface area contributed by atoms with Crippen molar-refractivity contribution >= 4 is 33.5 Å². The molecule has 32 heavy (non-hydrogen) atoms. The van der Waals surface area contributed by atoms with Crippen molar-refractivity contribution in [2.75, 3.05) is 25.0 Å². The molecule has 2 aromatic carbocycles. The van der Waals surface area contributed by atoms with Gasteiger partial charge in [-0.25, -0.2) is 13.4 Å². The van der Waals surface area contributed by atoms with Gasteiger partial charge in [0.05, 0.1) is 24.1 Å². The van der Waals surface area contributed by atoms with Crippen LogP contribution in [-0.2, 0) is 10.0 Å². The minimum atomic E-state index is -3.97. The van der Waals surface area contributed by atoms with Crippen LogP contribution < -0.4 is 18.9 Å². The molecule has 0 bridgehead atoms. The molecular formula is C21H20ClN3O6S. The Labute approximate surface area is 190 Å². The van der Waals surface area contributed by atoms with Gasteiger partial charge in [-0.1, -0.05) is 41.9 Å². The van der Waals surface area contributed by atoms with Crippen LogP contribution in [0.3, 0.4) is 0 Å². The maximum absolute atomic E-state index is 12.6. The number of sulfonamides is 1. The smallest absolute Gasteiger partial charge is 0.263 e. The number of benzene rings is 2. The molecule has 0 aliphatic rings. The molecule has 0 unspecified atom stereocenters. The van der Waals surface area contributed by atoms with Crippen LogP contribution in [0.1, 0.15) is 5.56 Å². The van der Waals surface area contributed by atoms with Gasteiger partial charge in [0.1, 0.15) is 24.4 Å². The molecule has 0 aliphatic heterocycles. The second-order valence-electron chi connectivity index (χ2n) is 6.19. The number of methoxy groups -OCH3 is 1. The predicted octanol–water partition coefficient (Wildman–Crippen LogP) is 3.71. The summed E-state index contributed by atoms with van der Waals surface area (Å²) in [5.41, 5.74) is 0.701. The van der Waals surface area contributed by atoms with E-state index in [1.54, 1.807) is 36.4 Å². The van der Waals surface area contributed by atoms with Crippen molar-refractivity contribution in [2.24, 2.45) is 0 Å². The molecule has 0 atom stereocenters. The SMILES string of the molecule is COc1ccc(Cl)c(Oc2c(NS(=O)(=O)C=Cc3ccccc3)ncnc2OCCO)c1. The minimum Gasteiger partial charge on any atom is -0.497 e. The zero-order chi connectivity index (χ0) is 23.0. The first kappa shape index (κ1) is 23.3. The second kappa shape index (κ2) is 10.8. The molecule has 0 spiro atoms. The minimum absolute atomic E-state index is 0.0855. The Morgan fingerprint density at radius 3 is 2.66 bits per heavy atom. The summed E-state index contributed by atoms with van der Waals surface area (Å²) in [5.74, 6) is 0.233. The summed E-state index contributed by atoms with van der Waals surface area (Å²) in [6, 6.07) is 13.6. The number of ether oxygens (including phenoxy) is 3. The van der Waals surface area contributed by atoms with E-state index in [0.29, 0.717) is 11.3 Å². The quantitative estimate of drug-likeness (QED) is 0.453. The third-order valence-corrected chi connectivity index (χ3v) is 5.21. The first-order valence-corrected chi connectivity index (χ1v) is 11.2. The molecule has 3 rings (SSSR count). The molecule has 168 valence electrons. The normalized spacial score (nSPS) is 11.3. The highest BCUT2D eigenvalue weighted by molar-refractivity contribution is 7.95. The Kier molecular flexibility index (Phi) is 7.87. The zero-order valence-corrected chi connectivity index (χ0v) is 18.5. The number of anilines is 1. The van der Waals surface area contributed by atoms with Crippen molar-refractivity contribution < 1.29 is 27.7 Å². The van der Waals surface area contributed by atoms with Crippen molar-refractivity contribution in [1.82, 2.24) is 9.97 Å². The average molecular weight is 478 g/mol. The maximum atomic E-state index is 12.6. The molecule has 2 N–H and O–H groups in total. The summed E-state index contributed by atoms with van der Waals surface area (Å²) in [7, 11) is -2.49. The van der Waals surface area contributed by atoms with Crippen LogP contribution in [0.15, 0.2) is 60.3 Å². The fraction of sp³-hybridized carbons (Fsp3) is 0.143. The molecular weight excluding hydrogens is 458 g/mol. The standard InChI is InChI=1S/C21H20ClN3O6S/c1-29-16-7-8-17(22)18(13-16)31-19-20(23-14-24-21(19)30-11-10-26)25-32(27,28)12-9-15-5-3-2-4-6-15/h2-9,12-14,26H,10-11H2,1H3,(H,23,24,25). The highest BCUT2D eigenvalue weighted by atomic mass is 35.5. The van der Waals surface area contributed by atoms with E-state index >= 15 is 0 Å². The lowest BCUT2D eigenvalue weighted by molar-refractivity contribution is 0.192. The van der Waals surface area contributed by atoms with Gasteiger partial charge in [0, 0.05) is 6.07 Å². The summed E-state index contributed by atoms with van der Waals surface area (Å²) in [5, 5.41) is 10.3. The Hall–Kier alpha value is -3.34. The van der Waals surface area contributed by atoms with Crippen LogP contribution >= 0.6 is 11.6 Å². The largest absolute Gasteiger partial charge is 0.497 e. The molecule has 0 saturated heterocycles. The molecule has 1 heterocycles. The van der Waals surface area contributed by atoms with Gasteiger partial charge >= 0.3 is 0 Å². The van der Waals surface area contributed by atoms with Crippen molar-refractivity contribution in [2.45, 2.75) is 0 Å². The van der Waals surface area contributed by atoms with E-state index in [1.807, 2.05) is 6.07 Å². The lowest BCUT2D eigenvalue weighted by Crippen LogP contribution is -2.13. The summed E-state index contributed by atoms with van der Waals surface area (Å²) < 4.78 is 44.0. The summed E-state index contributed by atoms with van der Waals surface area (Å²) in [6.07, 6.45) is 2.54. The fourth-order valence-corrected chi connectivity index (χ4v) is 3.44. The van der Waals surface area contributed by atoms with Gasteiger partial charge in [-0.15, -0.1) is 0 Å². The van der Waals surface area contributed by atoms with Gasteiger partial charge in [-0.05, 0) is 23.8 Å². The van der Waals surface area contributed by atoms with Crippen molar-refractivity contribution in [1.29, 1.82) is 0 Å². The zero-order valence-electron chi connectivity index (χ0n) is 16.9. The van der Waals surface area contributed by atoms with E-state index in [4.69, 9.17) is 30.9 Å². The first-order valence-electron chi connectivity index (χ1n) is 9.28. The number of halogens is 1. The van der Waals surface area contributed by atoms with E-state index < -0.39 is 10.0 Å². The average Bonchev–Trinajstić information content (AvgIpc) is 2.79. The molecule has 3 aromatic rings. The molecule has 0 aliphatic carbocycles. The highest BCUT2D eigenvalue weighted by Crippen LogP contribution is 2.40. The molecule has 9 nitrogen and oxygen atoms in total. The van der Waals surface area contributed by atoms with Crippen molar-refractivity contribution in [3.05, 3.63) is 70.9 Å². The Morgan fingerprint density at radius 2 is 1.94 bits per heavy atom. The number of aromatic nitrogens is 2. The number of nitrogens with one attached hydrogen (secondary N) is 1. The van der Waals surface area contributed by atoms with Gasteiger partial charge in [0.25, 0.3) is 15.9 Å². The van der Waals surface area contributed by atoms with Crippen LogP contribution in [0.2, 0.25) is 5.02 Å². The monoisotopic (exact) mass is 477 g/mol. The molecule has 0 radical (unpaired) electrons. The van der Waals surface area contributed by atoms with E-state index in [1.165, 1.54) is 19.3 Å². The van der Waals surface area contributed by atoms with Crippen LogP contribution in [0, 0.1) is 0 Å². The van der Waals surface area contributed by atoms with Crippen LogP contribution in [-0.4, -0.2) is 43.8 Å². The number of aliphatic hydroxyl groups excluding tert-OH is 1. The second-order valence-corrected chi connectivity index (χ2v) is 8.16. The Bertz CT molecular complexity index is 1190. The molecule has 11 heteroatoms. The number of rotatable bonds is 10. The Balaban J connectivity index is 1.96. The number of nitrogens with zero attached hydrogens (tertiary/aromatic N) is 2. The lowest BCUT2D eigenvalue weighted by atomic mass is 10.2. The van der Waals surface area contributed by atoms with E-state index in [0.717, 1.165) is 11.7 Å². The highest BCUT2D eigenvalue weighted by Gasteiger charge is 2.21. The van der Waals surface area contributed by atoms with E-state index in [-0.39, 0.29) is 41.4 Å². The van der Waals surface area contributed by atoms with Gasteiger partial charge in [-0.3, -0.25) is 4.72 Å². The first-order chi connectivity index (χ1) is 15.4. The van der Waals surface area contributed by atoms with Gasteiger partial charge < -0.3 is 19.3 Å². The topological polar surface area (TPSA) is 120 Å². The molecule has 0 amide bonds. The van der Waals surface area contributed by atoms with Crippen molar-refractivity contribution in [3.63, 3.8) is 0 Å². The molecule has 0 saturated carbocycles. The van der Waals surface area contributed by atoms with E-state index in [2.05, 4.69) is 14.7 Å². The van der Waals surface area contributed by atoms with Gasteiger partial charge in [-0.2, -0.15) is 4.98 Å². The summed E-state index contributed by atoms with van der Waals surface area (Å²) in [6.45, 7) is -0.385. The summed E-state index contributed by atoms with van der Waals surface area (Å²) in [4.78, 5) is 7.95. The maximum Gasteiger partial charge on any atom is 0.263 e. The third-order valence-electron chi connectivity index (χ3n) is 3.93. The van der Waals surface area contributed by atoms with Gasteiger partial charge in [0.2, 0.25) is 5.75 Å². The molecule has 0 fully saturated rings. The van der Waals surface area contributed by atoms with Crippen molar-refractivity contribution in [3.8, 4) is 23.1 Å². The lowest BCUT2D eigenvalue weighted by Gasteiger charge is -2.15. The predicted molar refractivity (Wildman–Crippen MR) is 121 cm³/mol. The summed E-state index contributed by atoms with van der Waals surface area (Å²) >= 11 is 6.21. The fourth-order valence-electron chi connectivity index (χ4n) is 2.47. The number of hydrogen-bond acceptors (Lipinski definition) is 8. The van der Waals surface area contributed by atoms with Crippen LogP contribution in [0.5, 0.6) is 23.1 Å². The third kappa shape index (κ3) is 6.33. The van der Waals surface area contributed by atoms with E-state index in [9.17, 15) is 8.42 Å². The Morgan fingerprint density at radius 1 is 1.16 bits per heavy atom. The number of hydrogen-bond donors (Lipinski definition) is 2. The number of aliphatic hydroxyl groups is 1. The molecule has 1 aromatic heterocycles.